The molecular formula is C29H30N2O6S. The third kappa shape index (κ3) is 6.73. The molecule has 0 spiro atoms. The number of oxime groups is 1. The molecule has 3 aromatic carbocycles. The zero-order valence-corrected chi connectivity index (χ0v) is 22.1. The van der Waals surface area contributed by atoms with E-state index < -0.39 is 12.1 Å². The summed E-state index contributed by atoms with van der Waals surface area (Å²) in [6.45, 7) is 2.82. The SMILES string of the molecule is CCOC(Cc1ccc(OCCN2C(=O)CSc3cc(C(=NOC)c4ccccc4)ccc32)cc1)C(=O)O. The van der Waals surface area contributed by atoms with Crippen LogP contribution in [-0.4, -0.2) is 61.4 Å². The fourth-order valence-electron chi connectivity index (χ4n) is 4.17. The molecule has 1 atom stereocenters. The van der Waals surface area contributed by atoms with Gasteiger partial charge in [-0.3, -0.25) is 4.79 Å². The second kappa shape index (κ2) is 13.1. The summed E-state index contributed by atoms with van der Waals surface area (Å²) in [6, 6.07) is 23.0. The molecular weight excluding hydrogens is 504 g/mol. The van der Waals surface area contributed by atoms with Crippen molar-refractivity contribution in [2.45, 2.75) is 24.3 Å². The summed E-state index contributed by atoms with van der Waals surface area (Å²) >= 11 is 1.51. The van der Waals surface area contributed by atoms with Gasteiger partial charge in [-0.05, 0) is 36.8 Å². The minimum Gasteiger partial charge on any atom is -0.492 e. The van der Waals surface area contributed by atoms with Gasteiger partial charge in [0.1, 0.15) is 25.2 Å². The Morgan fingerprint density at radius 3 is 2.53 bits per heavy atom. The zero-order valence-electron chi connectivity index (χ0n) is 21.3. The lowest BCUT2D eigenvalue weighted by atomic mass is 10.0. The number of benzene rings is 3. The van der Waals surface area contributed by atoms with Gasteiger partial charge in [-0.1, -0.05) is 53.7 Å². The molecule has 38 heavy (non-hydrogen) atoms. The van der Waals surface area contributed by atoms with E-state index in [0.29, 0.717) is 31.3 Å². The summed E-state index contributed by atoms with van der Waals surface area (Å²) in [5.41, 5.74) is 4.26. The second-order valence-electron chi connectivity index (χ2n) is 8.48. The van der Waals surface area contributed by atoms with E-state index in [-0.39, 0.29) is 12.3 Å². The maximum atomic E-state index is 12.7. The molecule has 1 aliphatic heterocycles. The van der Waals surface area contributed by atoms with Crippen molar-refractivity contribution in [3.05, 3.63) is 89.5 Å². The molecule has 1 aliphatic rings. The highest BCUT2D eigenvalue weighted by atomic mass is 32.2. The van der Waals surface area contributed by atoms with E-state index in [2.05, 4.69) is 5.16 Å². The van der Waals surface area contributed by atoms with Crippen LogP contribution in [-0.2, 0) is 25.6 Å². The average Bonchev–Trinajstić information content (AvgIpc) is 2.93. The predicted octanol–water partition coefficient (Wildman–Crippen LogP) is 4.64. The number of thioether (sulfide) groups is 1. The maximum Gasteiger partial charge on any atom is 0.333 e. The van der Waals surface area contributed by atoms with E-state index in [4.69, 9.17) is 14.3 Å². The lowest BCUT2D eigenvalue weighted by Gasteiger charge is -2.29. The molecule has 4 rings (SSSR count). The molecule has 0 bridgehead atoms. The van der Waals surface area contributed by atoms with Crippen LogP contribution in [0, 0.1) is 0 Å². The average molecular weight is 535 g/mol. The van der Waals surface area contributed by atoms with Crippen LogP contribution >= 0.6 is 11.8 Å². The number of aliphatic carboxylic acids is 1. The van der Waals surface area contributed by atoms with Gasteiger partial charge in [-0.15, -0.1) is 11.8 Å². The van der Waals surface area contributed by atoms with Crippen molar-refractivity contribution in [3.63, 3.8) is 0 Å². The number of rotatable bonds is 12. The van der Waals surface area contributed by atoms with E-state index in [0.717, 1.165) is 33.0 Å². The summed E-state index contributed by atoms with van der Waals surface area (Å²) in [4.78, 5) is 31.9. The highest BCUT2D eigenvalue weighted by Gasteiger charge is 2.26. The van der Waals surface area contributed by atoms with E-state index in [9.17, 15) is 14.7 Å². The molecule has 0 radical (unpaired) electrons. The summed E-state index contributed by atoms with van der Waals surface area (Å²) in [5.74, 6) is 0.0391. The number of anilines is 1. The molecule has 9 heteroatoms. The van der Waals surface area contributed by atoms with Gasteiger partial charge in [0, 0.05) is 29.1 Å². The Morgan fingerprint density at radius 2 is 1.84 bits per heavy atom. The van der Waals surface area contributed by atoms with E-state index in [1.54, 1.807) is 24.0 Å². The molecule has 198 valence electrons. The standard InChI is InChI=1S/C29H30N2O6S/c1-3-36-25(29(33)34)17-20-9-12-23(13-10-20)37-16-15-31-24-14-11-22(18-26(24)38-19-27(31)32)28(30-35-2)21-7-5-4-6-8-21/h4-14,18,25H,3,15-17,19H2,1-2H3,(H,33,34). The second-order valence-corrected chi connectivity index (χ2v) is 9.50. The molecule has 1 N–H and O–H groups in total. The quantitative estimate of drug-likeness (QED) is 0.267. The third-order valence-electron chi connectivity index (χ3n) is 5.98. The minimum absolute atomic E-state index is 0.0266. The van der Waals surface area contributed by atoms with Crippen molar-refractivity contribution >= 4 is 35.0 Å². The number of carbonyl (C=O) groups is 2. The molecule has 1 unspecified atom stereocenters. The first kappa shape index (κ1) is 27.2. The largest absolute Gasteiger partial charge is 0.492 e. The Morgan fingerprint density at radius 1 is 1.08 bits per heavy atom. The molecule has 0 saturated carbocycles. The lowest BCUT2D eigenvalue weighted by molar-refractivity contribution is -0.149. The zero-order chi connectivity index (χ0) is 26.9. The maximum absolute atomic E-state index is 12.7. The Hall–Kier alpha value is -3.82. The van der Waals surface area contributed by atoms with Crippen LogP contribution in [0.5, 0.6) is 5.75 Å². The summed E-state index contributed by atoms with van der Waals surface area (Å²) < 4.78 is 11.2. The van der Waals surface area contributed by atoms with Gasteiger partial charge in [-0.2, -0.15) is 0 Å². The van der Waals surface area contributed by atoms with Crippen LogP contribution in [0.3, 0.4) is 0 Å². The Kier molecular flexibility index (Phi) is 9.40. The van der Waals surface area contributed by atoms with Gasteiger partial charge in [-0.25, -0.2) is 4.79 Å². The fourth-order valence-corrected chi connectivity index (χ4v) is 5.14. The van der Waals surface area contributed by atoms with Crippen molar-refractivity contribution in [1.29, 1.82) is 0 Å². The van der Waals surface area contributed by atoms with Crippen molar-refractivity contribution in [1.82, 2.24) is 0 Å². The summed E-state index contributed by atoms with van der Waals surface area (Å²) in [6.07, 6.45) is -0.594. The first-order valence-electron chi connectivity index (χ1n) is 12.3. The highest BCUT2D eigenvalue weighted by molar-refractivity contribution is 8.00. The number of amides is 1. The third-order valence-corrected chi connectivity index (χ3v) is 7.01. The number of carboxylic acids is 1. The number of ether oxygens (including phenoxy) is 2. The van der Waals surface area contributed by atoms with Gasteiger partial charge >= 0.3 is 5.97 Å². The van der Waals surface area contributed by atoms with Crippen molar-refractivity contribution < 1.29 is 29.0 Å². The molecule has 3 aromatic rings. The minimum atomic E-state index is -0.980. The monoisotopic (exact) mass is 534 g/mol. The van der Waals surface area contributed by atoms with Crippen LogP contribution in [0.15, 0.2) is 82.8 Å². The summed E-state index contributed by atoms with van der Waals surface area (Å²) in [7, 11) is 1.53. The molecule has 0 aliphatic carbocycles. The Balaban J connectivity index is 1.41. The van der Waals surface area contributed by atoms with Crippen LogP contribution in [0.1, 0.15) is 23.6 Å². The van der Waals surface area contributed by atoms with Crippen LogP contribution in [0.4, 0.5) is 5.69 Å². The van der Waals surface area contributed by atoms with E-state index >= 15 is 0 Å². The first-order chi connectivity index (χ1) is 18.5. The van der Waals surface area contributed by atoms with Gasteiger partial charge in [0.15, 0.2) is 6.10 Å². The van der Waals surface area contributed by atoms with Crippen LogP contribution in [0.2, 0.25) is 0 Å². The molecule has 1 heterocycles. The number of fused-ring (bicyclic) bond motifs is 1. The number of carboxylic acid groups (broad SMARTS) is 1. The van der Waals surface area contributed by atoms with Crippen molar-refractivity contribution in [2.24, 2.45) is 5.16 Å². The highest BCUT2D eigenvalue weighted by Crippen LogP contribution is 2.36. The topological polar surface area (TPSA) is 97.7 Å². The number of hydrogen-bond acceptors (Lipinski definition) is 7. The Labute approximate surface area is 226 Å². The van der Waals surface area contributed by atoms with Crippen LogP contribution in [0.25, 0.3) is 0 Å². The van der Waals surface area contributed by atoms with E-state index in [1.165, 1.54) is 18.9 Å². The number of hydrogen-bond donors (Lipinski definition) is 1. The molecule has 1 amide bonds. The van der Waals surface area contributed by atoms with Crippen molar-refractivity contribution in [3.8, 4) is 5.75 Å². The van der Waals surface area contributed by atoms with E-state index in [1.807, 2.05) is 60.7 Å². The normalized spacial score (nSPS) is 14.1. The molecule has 0 saturated heterocycles. The van der Waals surface area contributed by atoms with Crippen LogP contribution < -0.4 is 9.64 Å². The van der Waals surface area contributed by atoms with Gasteiger partial charge < -0.3 is 24.3 Å². The lowest BCUT2D eigenvalue weighted by Crippen LogP contribution is -2.38. The number of carbonyl (C=O) groups excluding carboxylic acids is 1. The number of nitrogens with zero attached hydrogens (tertiary/aromatic N) is 2. The van der Waals surface area contributed by atoms with Crippen molar-refractivity contribution in [2.75, 3.05) is 37.5 Å². The Bertz CT molecular complexity index is 1280. The molecule has 0 aromatic heterocycles. The predicted molar refractivity (Wildman–Crippen MR) is 147 cm³/mol. The smallest absolute Gasteiger partial charge is 0.333 e. The van der Waals surface area contributed by atoms with Gasteiger partial charge in [0.2, 0.25) is 5.91 Å². The summed E-state index contributed by atoms with van der Waals surface area (Å²) in [5, 5.41) is 13.5. The molecule has 8 nitrogen and oxygen atoms in total. The van der Waals surface area contributed by atoms with Gasteiger partial charge in [0.05, 0.1) is 18.0 Å². The first-order valence-corrected chi connectivity index (χ1v) is 13.3. The van der Waals surface area contributed by atoms with Gasteiger partial charge in [0.25, 0.3) is 0 Å². The molecule has 0 fully saturated rings. The fraction of sp³-hybridized carbons (Fsp3) is 0.276.